The predicted octanol–water partition coefficient (Wildman–Crippen LogP) is 1.01. The first-order valence-corrected chi connectivity index (χ1v) is 5.30. The zero-order valence-electron chi connectivity index (χ0n) is 9.03. The zero-order valence-corrected chi connectivity index (χ0v) is 9.03. The highest BCUT2D eigenvalue weighted by atomic mass is 19.1. The molecule has 1 saturated heterocycles. The quantitative estimate of drug-likeness (QED) is 0.804. The van der Waals surface area contributed by atoms with Crippen LogP contribution >= 0.6 is 0 Å². The average molecular weight is 223 g/mol. The van der Waals surface area contributed by atoms with Crippen LogP contribution in [0.5, 0.6) is 0 Å². The van der Waals surface area contributed by atoms with E-state index in [1.165, 1.54) is 12.1 Å². The molecule has 0 aromatic carbocycles. The maximum atomic E-state index is 12.6. The van der Waals surface area contributed by atoms with E-state index in [4.69, 9.17) is 0 Å². The Balaban J connectivity index is 1.93. The number of nitrogens with zero attached hydrogens (tertiary/aromatic N) is 1. The largest absolute Gasteiger partial charge is 0.316 e. The minimum atomic E-state index is -0.408. The normalized spacial score (nSPS) is 17.6. The van der Waals surface area contributed by atoms with Gasteiger partial charge in [-0.15, -0.1) is 0 Å². The van der Waals surface area contributed by atoms with E-state index in [-0.39, 0.29) is 11.8 Å². The summed E-state index contributed by atoms with van der Waals surface area (Å²) in [5, 5.41) is 5.80. The summed E-state index contributed by atoms with van der Waals surface area (Å²) < 4.78 is 12.6. The van der Waals surface area contributed by atoms with Crippen LogP contribution in [0, 0.1) is 17.7 Å². The number of amides is 1. The number of nitrogens with one attached hydrogen (secondary N) is 2. The second-order valence-corrected chi connectivity index (χ2v) is 4.06. The maximum absolute atomic E-state index is 12.6. The first kappa shape index (κ1) is 11.0. The molecular formula is C11H14FN3O. The zero-order chi connectivity index (χ0) is 11.5. The van der Waals surface area contributed by atoms with E-state index >= 15 is 0 Å². The minimum Gasteiger partial charge on any atom is -0.316 e. The Morgan fingerprint density at radius 2 is 2.38 bits per heavy atom. The fraction of sp³-hybridized carbons (Fsp3) is 0.455. The molecule has 86 valence electrons. The molecule has 1 fully saturated rings. The van der Waals surface area contributed by atoms with E-state index in [2.05, 4.69) is 15.6 Å². The van der Waals surface area contributed by atoms with Crippen LogP contribution in [0.15, 0.2) is 18.3 Å². The van der Waals surface area contributed by atoms with Crippen molar-refractivity contribution in [3.05, 3.63) is 24.1 Å². The van der Waals surface area contributed by atoms with E-state index < -0.39 is 5.82 Å². The first-order valence-electron chi connectivity index (χ1n) is 5.30. The number of hydrogen-bond acceptors (Lipinski definition) is 3. The molecule has 1 aromatic heterocycles. The van der Waals surface area contributed by atoms with Crippen molar-refractivity contribution in [3.8, 4) is 0 Å². The Kier molecular flexibility index (Phi) is 3.14. The highest BCUT2D eigenvalue weighted by Crippen LogP contribution is 2.17. The summed E-state index contributed by atoms with van der Waals surface area (Å²) in [5.74, 6) is 0.263. The van der Waals surface area contributed by atoms with Gasteiger partial charge in [0.15, 0.2) is 0 Å². The van der Waals surface area contributed by atoms with Crippen LogP contribution in [0.2, 0.25) is 0 Å². The number of carbonyl (C=O) groups is 1. The molecule has 1 amide bonds. The van der Waals surface area contributed by atoms with Gasteiger partial charge < -0.3 is 10.6 Å². The molecule has 0 saturated carbocycles. The van der Waals surface area contributed by atoms with Crippen molar-refractivity contribution in [2.45, 2.75) is 6.92 Å². The number of hydrogen-bond donors (Lipinski definition) is 2. The highest BCUT2D eigenvalue weighted by Gasteiger charge is 2.28. The van der Waals surface area contributed by atoms with Gasteiger partial charge in [-0.3, -0.25) is 4.79 Å². The van der Waals surface area contributed by atoms with Gasteiger partial charge in [0.25, 0.3) is 0 Å². The van der Waals surface area contributed by atoms with Crippen LogP contribution < -0.4 is 10.6 Å². The molecule has 2 rings (SSSR count). The van der Waals surface area contributed by atoms with Crippen molar-refractivity contribution in [2.75, 3.05) is 18.4 Å². The second-order valence-electron chi connectivity index (χ2n) is 4.06. The molecule has 16 heavy (non-hydrogen) atoms. The first-order chi connectivity index (χ1) is 7.66. The topological polar surface area (TPSA) is 54.0 Å². The van der Waals surface area contributed by atoms with Crippen molar-refractivity contribution in [3.63, 3.8) is 0 Å². The number of carbonyl (C=O) groups excluding carboxylic acids is 1. The molecule has 0 spiro atoms. The Bertz CT molecular complexity index is 375. The molecule has 0 radical (unpaired) electrons. The van der Waals surface area contributed by atoms with Gasteiger partial charge in [0.2, 0.25) is 5.91 Å². The number of anilines is 1. The SMILES string of the molecule is CC(C(=O)Nc1ccc(F)cn1)C1CNC1. The molecule has 2 N–H and O–H groups in total. The second kappa shape index (κ2) is 4.57. The summed E-state index contributed by atoms with van der Waals surface area (Å²) in [6.45, 7) is 3.65. The summed E-state index contributed by atoms with van der Waals surface area (Å²) in [7, 11) is 0. The van der Waals surface area contributed by atoms with Crippen molar-refractivity contribution in [1.82, 2.24) is 10.3 Å². The van der Waals surface area contributed by atoms with Crippen molar-refractivity contribution in [2.24, 2.45) is 11.8 Å². The van der Waals surface area contributed by atoms with Crippen molar-refractivity contribution >= 4 is 11.7 Å². The van der Waals surface area contributed by atoms with E-state index in [9.17, 15) is 9.18 Å². The maximum Gasteiger partial charge on any atom is 0.228 e. The van der Waals surface area contributed by atoms with Gasteiger partial charge in [0, 0.05) is 5.92 Å². The minimum absolute atomic E-state index is 0.0481. The summed E-state index contributed by atoms with van der Waals surface area (Å²) >= 11 is 0. The smallest absolute Gasteiger partial charge is 0.228 e. The number of aromatic nitrogens is 1. The van der Waals surface area contributed by atoms with E-state index in [1.807, 2.05) is 6.92 Å². The fourth-order valence-corrected chi connectivity index (χ4v) is 1.57. The Morgan fingerprint density at radius 1 is 1.62 bits per heavy atom. The van der Waals surface area contributed by atoms with Crippen LogP contribution in [-0.4, -0.2) is 24.0 Å². The molecule has 1 aromatic rings. The number of pyridine rings is 1. The van der Waals surface area contributed by atoms with Gasteiger partial charge in [-0.1, -0.05) is 6.92 Å². The molecular weight excluding hydrogens is 209 g/mol. The van der Waals surface area contributed by atoms with Gasteiger partial charge in [-0.25, -0.2) is 9.37 Å². The van der Waals surface area contributed by atoms with Crippen LogP contribution in [0.3, 0.4) is 0 Å². The average Bonchev–Trinajstić information content (AvgIpc) is 2.19. The summed E-state index contributed by atoms with van der Waals surface area (Å²) in [6, 6.07) is 2.73. The van der Waals surface area contributed by atoms with Gasteiger partial charge in [0.05, 0.1) is 6.20 Å². The molecule has 0 bridgehead atoms. The van der Waals surface area contributed by atoms with Crippen molar-refractivity contribution in [1.29, 1.82) is 0 Å². The van der Waals surface area contributed by atoms with Gasteiger partial charge >= 0.3 is 0 Å². The van der Waals surface area contributed by atoms with Gasteiger partial charge in [-0.05, 0) is 31.1 Å². The third kappa shape index (κ3) is 2.36. The fourth-order valence-electron chi connectivity index (χ4n) is 1.57. The van der Waals surface area contributed by atoms with Crippen LogP contribution in [0.4, 0.5) is 10.2 Å². The monoisotopic (exact) mass is 223 g/mol. The molecule has 2 heterocycles. The Morgan fingerprint density at radius 3 is 2.88 bits per heavy atom. The number of halogens is 1. The van der Waals surface area contributed by atoms with Gasteiger partial charge in [0.1, 0.15) is 11.6 Å². The van der Waals surface area contributed by atoms with Crippen LogP contribution in [0.25, 0.3) is 0 Å². The third-order valence-electron chi connectivity index (χ3n) is 2.91. The van der Waals surface area contributed by atoms with Crippen LogP contribution in [-0.2, 0) is 4.79 Å². The molecule has 1 aliphatic rings. The lowest BCUT2D eigenvalue weighted by Gasteiger charge is -2.31. The molecule has 4 nitrogen and oxygen atoms in total. The Labute approximate surface area is 93.3 Å². The van der Waals surface area contributed by atoms with Gasteiger partial charge in [-0.2, -0.15) is 0 Å². The Hall–Kier alpha value is -1.49. The lowest BCUT2D eigenvalue weighted by molar-refractivity contribution is -0.121. The molecule has 1 atom stereocenters. The molecule has 5 heteroatoms. The summed E-state index contributed by atoms with van der Waals surface area (Å²) in [4.78, 5) is 15.5. The standard InChI is InChI=1S/C11H14FN3O/c1-7(8-4-13-5-8)11(16)15-10-3-2-9(12)6-14-10/h2-3,6-8,13H,4-5H2,1H3,(H,14,15,16). The predicted molar refractivity (Wildman–Crippen MR) is 58.3 cm³/mol. The summed E-state index contributed by atoms with van der Waals surface area (Å²) in [6.07, 6.45) is 1.09. The third-order valence-corrected chi connectivity index (χ3v) is 2.91. The molecule has 1 unspecified atom stereocenters. The van der Waals surface area contributed by atoms with Crippen LogP contribution in [0.1, 0.15) is 6.92 Å². The van der Waals surface area contributed by atoms with E-state index in [0.29, 0.717) is 11.7 Å². The highest BCUT2D eigenvalue weighted by molar-refractivity contribution is 5.91. The van der Waals surface area contributed by atoms with Crippen molar-refractivity contribution < 1.29 is 9.18 Å². The molecule has 1 aliphatic heterocycles. The van der Waals surface area contributed by atoms with E-state index in [0.717, 1.165) is 19.3 Å². The molecule has 0 aliphatic carbocycles. The lowest BCUT2D eigenvalue weighted by Crippen LogP contribution is -2.48. The lowest BCUT2D eigenvalue weighted by atomic mass is 9.88. The summed E-state index contributed by atoms with van der Waals surface area (Å²) in [5.41, 5.74) is 0. The van der Waals surface area contributed by atoms with E-state index in [1.54, 1.807) is 0 Å². The number of rotatable bonds is 3.